The van der Waals surface area contributed by atoms with Crippen LogP contribution in [0.15, 0.2) is 0 Å². The van der Waals surface area contributed by atoms with Gasteiger partial charge in [0, 0.05) is 6.43 Å². The molecule has 0 aliphatic rings. The summed E-state index contributed by atoms with van der Waals surface area (Å²) in [5.41, 5.74) is -7.10. The van der Waals surface area contributed by atoms with Crippen LogP contribution in [0.5, 0.6) is 0 Å². The van der Waals surface area contributed by atoms with Crippen LogP contribution >= 0.6 is 0 Å². The maximum absolute atomic E-state index is 11.7. The molecule has 0 unspecified atom stereocenters. The van der Waals surface area contributed by atoms with Crippen molar-refractivity contribution in [3.63, 3.8) is 0 Å². The molecule has 0 spiro atoms. The molecule has 0 radical (unpaired) electrons. The Morgan fingerprint density at radius 1 is 0.529 bits per heavy atom. The van der Waals surface area contributed by atoms with Gasteiger partial charge in [0.05, 0.1) is 0 Å². The van der Waals surface area contributed by atoms with Crippen LogP contribution in [0.2, 0.25) is 0 Å². The van der Waals surface area contributed by atoms with Gasteiger partial charge in [-0.05, 0) is 0 Å². The summed E-state index contributed by atoms with van der Waals surface area (Å²) in [5, 5.41) is 0. The Hall–Kier alpha value is -0.173. The number of alkyl halides is 9. The van der Waals surface area contributed by atoms with Crippen LogP contribution in [0.3, 0.4) is 0 Å². The van der Waals surface area contributed by atoms with E-state index in [1.807, 2.05) is 0 Å². The third-order valence-corrected chi connectivity index (χ3v) is 1.56. The normalized spacial score (nSPS) is 14.8. The number of hydrogen-bond donors (Lipinski definition) is 0. The van der Waals surface area contributed by atoms with Gasteiger partial charge in [0.1, 0.15) is 0 Å². The minimum atomic E-state index is -7.23. The Balaban J connectivity index is 0. The van der Waals surface area contributed by atoms with Gasteiger partial charge in [0.15, 0.2) is 5.41 Å². The fraction of sp³-hybridized carbons (Fsp3) is 0.800. The molecule has 0 fully saturated rings. The van der Waals surface area contributed by atoms with E-state index in [0.717, 1.165) is 0 Å². The first-order valence-electron chi connectivity index (χ1n) is 3.08. The summed E-state index contributed by atoms with van der Waals surface area (Å²) in [7, 11) is 0. The van der Waals surface area contributed by atoms with Crippen molar-refractivity contribution in [2.24, 2.45) is 5.41 Å². The van der Waals surface area contributed by atoms with Crippen molar-refractivity contribution in [1.82, 2.24) is 0 Å². The molecular formula is C5F11Li. The van der Waals surface area contributed by atoms with E-state index in [2.05, 4.69) is 0 Å². The summed E-state index contributed by atoms with van der Waals surface area (Å²) in [4.78, 5) is 0. The number of halogens is 11. The summed E-state index contributed by atoms with van der Waals surface area (Å²) in [6.45, 7) is 0. The molecule has 0 nitrogen and oxygen atoms in total. The monoisotopic (exact) mass is 276 g/mol. The Kier molecular flexibility index (Phi) is 5.45. The molecular weight excluding hydrogens is 276 g/mol. The molecule has 0 aliphatic carbocycles. The van der Waals surface area contributed by atoms with Gasteiger partial charge < -0.3 is 8.78 Å². The number of hydrogen-bond acceptors (Lipinski definition) is 0. The van der Waals surface area contributed by atoms with E-state index in [0.29, 0.717) is 0 Å². The molecule has 0 atom stereocenters. The first-order chi connectivity index (χ1) is 6.69. The molecule has 0 N–H and O–H groups in total. The Labute approximate surface area is 98.3 Å². The third kappa shape index (κ3) is 2.81. The zero-order chi connectivity index (χ0) is 13.6. The van der Waals surface area contributed by atoms with Crippen LogP contribution in [-0.2, 0) is 0 Å². The minimum absolute atomic E-state index is 0. The molecule has 0 aromatic heterocycles. The van der Waals surface area contributed by atoms with Crippen LogP contribution < -0.4 is 18.9 Å². The van der Waals surface area contributed by atoms with E-state index >= 15 is 0 Å². The van der Waals surface area contributed by atoms with Crippen molar-refractivity contribution in [2.45, 2.75) is 18.5 Å². The molecule has 17 heavy (non-hydrogen) atoms. The Morgan fingerprint density at radius 3 is 0.706 bits per heavy atom. The average molecular weight is 276 g/mol. The first kappa shape index (κ1) is 19.2. The van der Waals surface area contributed by atoms with Gasteiger partial charge in [-0.2, -0.15) is 39.5 Å². The average Bonchev–Trinajstić information content (AvgIpc) is 1.71. The zero-order valence-electron chi connectivity index (χ0n) is 7.66. The van der Waals surface area contributed by atoms with E-state index < -0.39 is 30.4 Å². The molecule has 0 rings (SSSR count). The fourth-order valence-corrected chi connectivity index (χ4v) is 0.804. The smallest absolute Gasteiger partial charge is 0.420 e. The SMILES string of the molecule is F[C-](F)C(C(F)(F)F)(C(F)(F)F)C(F)(F)F.[Li+]. The quantitative estimate of drug-likeness (QED) is 0.382. The van der Waals surface area contributed by atoms with Crippen molar-refractivity contribution < 1.29 is 67.2 Å². The third-order valence-electron chi connectivity index (χ3n) is 1.56. The van der Waals surface area contributed by atoms with Gasteiger partial charge in [-0.3, -0.25) is 0 Å². The summed E-state index contributed by atoms with van der Waals surface area (Å²) >= 11 is 0. The molecule has 98 valence electrons. The predicted molar refractivity (Wildman–Crippen MR) is 26.1 cm³/mol. The first-order valence-corrected chi connectivity index (χ1v) is 3.08. The summed E-state index contributed by atoms with van der Waals surface area (Å²) < 4.78 is 128. The number of rotatable bonds is 1. The van der Waals surface area contributed by atoms with Crippen LogP contribution in [-0.4, -0.2) is 18.5 Å². The van der Waals surface area contributed by atoms with Gasteiger partial charge in [0.25, 0.3) is 0 Å². The van der Waals surface area contributed by atoms with Crippen LogP contribution in [0.4, 0.5) is 48.3 Å². The molecule has 0 aromatic carbocycles. The molecule has 0 aromatic rings. The summed E-state index contributed by atoms with van der Waals surface area (Å²) in [6, 6.07) is 0. The second kappa shape index (κ2) is 4.83. The van der Waals surface area contributed by atoms with Crippen LogP contribution in [0.1, 0.15) is 0 Å². The Morgan fingerprint density at radius 2 is 0.706 bits per heavy atom. The van der Waals surface area contributed by atoms with Crippen LogP contribution in [0, 0.1) is 11.8 Å². The van der Waals surface area contributed by atoms with E-state index in [4.69, 9.17) is 0 Å². The second-order valence-electron chi connectivity index (χ2n) is 2.50. The van der Waals surface area contributed by atoms with Gasteiger partial charge in [-0.25, -0.2) is 0 Å². The maximum atomic E-state index is 11.7. The van der Waals surface area contributed by atoms with E-state index in [1.165, 1.54) is 0 Å². The van der Waals surface area contributed by atoms with Gasteiger partial charge >= 0.3 is 37.4 Å². The summed E-state index contributed by atoms with van der Waals surface area (Å²) in [5.74, 6) is 0. The maximum Gasteiger partial charge on any atom is 1.00 e. The van der Waals surface area contributed by atoms with Crippen molar-refractivity contribution in [2.75, 3.05) is 0 Å². The van der Waals surface area contributed by atoms with Gasteiger partial charge in [-0.15, -0.1) is 0 Å². The molecule has 0 saturated heterocycles. The second-order valence-corrected chi connectivity index (χ2v) is 2.50. The minimum Gasteiger partial charge on any atom is -0.420 e. The topological polar surface area (TPSA) is 0 Å². The van der Waals surface area contributed by atoms with E-state index in [1.54, 1.807) is 0 Å². The van der Waals surface area contributed by atoms with E-state index in [-0.39, 0.29) is 18.9 Å². The fourth-order valence-electron chi connectivity index (χ4n) is 0.804. The molecule has 0 aliphatic heterocycles. The largest absolute Gasteiger partial charge is 1.00 e. The molecule has 0 amide bonds. The van der Waals surface area contributed by atoms with Crippen molar-refractivity contribution >= 4 is 0 Å². The Bertz CT molecular complexity index is 208. The molecule has 0 saturated carbocycles. The van der Waals surface area contributed by atoms with Crippen molar-refractivity contribution in [1.29, 1.82) is 0 Å². The molecule has 0 heterocycles. The molecule has 12 heteroatoms. The van der Waals surface area contributed by atoms with Crippen molar-refractivity contribution in [3.05, 3.63) is 6.43 Å². The molecule has 0 bridgehead atoms. The summed E-state index contributed by atoms with van der Waals surface area (Å²) in [6.07, 6.45) is -26.5. The predicted octanol–water partition coefficient (Wildman–Crippen LogP) is 1.09. The van der Waals surface area contributed by atoms with Gasteiger partial charge in [0.2, 0.25) is 0 Å². The van der Waals surface area contributed by atoms with Crippen LogP contribution in [0.25, 0.3) is 0 Å². The van der Waals surface area contributed by atoms with E-state index in [9.17, 15) is 48.3 Å². The zero-order valence-corrected chi connectivity index (χ0v) is 7.66. The standard InChI is InChI=1S/C5F11.Li/c6-1(7)2(3(8,9)10,4(11,12)13)5(14,15)16;/q-1;+1. The van der Waals surface area contributed by atoms with Gasteiger partial charge in [-0.1, -0.05) is 0 Å². The van der Waals surface area contributed by atoms with Crippen molar-refractivity contribution in [3.8, 4) is 0 Å².